The second kappa shape index (κ2) is 8.93. The molecule has 0 bridgehead atoms. The highest BCUT2D eigenvalue weighted by molar-refractivity contribution is 6.05. The van der Waals surface area contributed by atoms with Gasteiger partial charge in [-0.2, -0.15) is 5.10 Å². The molecule has 1 atom stereocenters. The molecular formula is C25H26N3O2+. The number of ether oxygens (including phenoxy) is 1. The Morgan fingerprint density at radius 1 is 1.17 bits per heavy atom. The van der Waals surface area contributed by atoms with Crippen molar-refractivity contribution in [2.75, 3.05) is 20.2 Å². The van der Waals surface area contributed by atoms with Crippen molar-refractivity contribution in [1.29, 1.82) is 0 Å². The largest absolute Gasteiger partial charge is 0.497 e. The Morgan fingerprint density at radius 3 is 2.67 bits per heavy atom. The van der Waals surface area contributed by atoms with Crippen LogP contribution in [0, 0.1) is 0 Å². The van der Waals surface area contributed by atoms with Crippen molar-refractivity contribution >= 4 is 22.4 Å². The lowest BCUT2D eigenvalue weighted by atomic mass is 9.97. The smallest absolute Gasteiger partial charge is 0.298 e. The summed E-state index contributed by atoms with van der Waals surface area (Å²) in [5.74, 6) is 0.790. The first-order valence-corrected chi connectivity index (χ1v) is 10.1. The quantitative estimate of drug-likeness (QED) is 0.489. The van der Waals surface area contributed by atoms with Gasteiger partial charge in [-0.1, -0.05) is 55.1 Å². The maximum absolute atomic E-state index is 12.9. The van der Waals surface area contributed by atoms with Gasteiger partial charge in [-0.05, 0) is 46.2 Å². The molecular weight excluding hydrogens is 374 g/mol. The van der Waals surface area contributed by atoms with E-state index in [9.17, 15) is 4.79 Å². The van der Waals surface area contributed by atoms with Gasteiger partial charge in [-0.25, -0.2) is 5.01 Å². The number of rotatable bonds is 7. The van der Waals surface area contributed by atoms with E-state index in [2.05, 4.69) is 36.9 Å². The highest BCUT2D eigenvalue weighted by atomic mass is 16.5. The zero-order chi connectivity index (χ0) is 20.9. The third kappa shape index (κ3) is 4.11. The molecule has 3 aromatic rings. The molecule has 0 unspecified atom stereocenters. The van der Waals surface area contributed by atoms with Crippen molar-refractivity contribution in [3.05, 3.63) is 90.5 Å². The molecule has 0 saturated carbocycles. The molecule has 0 aromatic heterocycles. The van der Waals surface area contributed by atoms with Gasteiger partial charge in [-0.3, -0.25) is 4.79 Å². The minimum atomic E-state index is -0.123. The molecule has 5 heteroatoms. The average molecular weight is 401 g/mol. The molecule has 1 aliphatic rings. The van der Waals surface area contributed by atoms with Gasteiger partial charge in [0, 0.05) is 6.42 Å². The van der Waals surface area contributed by atoms with Crippen molar-refractivity contribution in [2.24, 2.45) is 5.10 Å². The predicted molar refractivity (Wildman–Crippen MR) is 120 cm³/mol. The number of quaternary nitrogens is 1. The van der Waals surface area contributed by atoms with E-state index in [1.807, 2.05) is 41.7 Å². The van der Waals surface area contributed by atoms with E-state index in [0.29, 0.717) is 19.5 Å². The summed E-state index contributed by atoms with van der Waals surface area (Å²) in [4.78, 5) is 12.9. The Bertz CT molecular complexity index is 1090. The molecule has 1 heterocycles. The van der Waals surface area contributed by atoms with Crippen LogP contribution >= 0.6 is 0 Å². The molecule has 2 N–H and O–H groups in total. The number of amides is 1. The monoisotopic (exact) mass is 400 g/mol. The minimum Gasteiger partial charge on any atom is -0.497 e. The number of hydrazone groups is 1. The molecule has 30 heavy (non-hydrogen) atoms. The van der Waals surface area contributed by atoms with Crippen LogP contribution in [-0.2, 0) is 4.79 Å². The first kappa shape index (κ1) is 19.9. The van der Waals surface area contributed by atoms with Crippen molar-refractivity contribution in [1.82, 2.24) is 5.01 Å². The van der Waals surface area contributed by atoms with E-state index in [4.69, 9.17) is 9.84 Å². The second-order valence-corrected chi connectivity index (χ2v) is 7.36. The summed E-state index contributed by atoms with van der Waals surface area (Å²) in [5.41, 5.74) is 3.03. The standard InChI is InChI=1S/C25H25N3O2/c1-3-14-26-17-25(29)28-24(19-10-12-22(30-2)13-11-19)16-23(27-28)21-9-8-18-6-4-5-7-20(18)15-21/h3-13,15,24,26H,1,14,16-17H2,2H3/p+1/t24-/m0/s1. The van der Waals surface area contributed by atoms with Gasteiger partial charge in [0.15, 0.2) is 6.54 Å². The molecule has 1 aliphatic heterocycles. The van der Waals surface area contributed by atoms with Gasteiger partial charge >= 0.3 is 0 Å². The number of hydrogen-bond acceptors (Lipinski definition) is 3. The Hall–Kier alpha value is -3.44. The predicted octanol–water partition coefficient (Wildman–Crippen LogP) is 3.28. The van der Waals surface area contributed by atoms with Gasteiger partial charge in [0.05, 0.1) is 25.4 Å². The molecule has 1 amide bonds. The van der Waals surface area contributed by atoms with Crippen molar-refractivity contribution in [2.45, 2.75) is 12.5 Å². The lowest BCUT2D eigenvalue weighted by Crippen LogP contribution is -2.86. The van der Waals surface area contributed by atoms with Crippen molar-refractivity contribution in [3.63, 3.8) is 0 Å². The fraction of sp³-hybridized carbons (Fsp3) is 0.200. The number of methoxy groups -OCH3 is 1. The lowest BCUT2D eigenvalue weighted by Gasteiger charge is -2.21. The Labute approximate surface area is 176 Å². The van der Waals surface area contributed by atoms with E-state index in [-0.39, 0.29) is 11.9 Å². The zero-order valence-corrected chi connectivity index (χ0v) is 17.1. The Balaban J connectivity index is 1.65. The first-order chi connectivity index (χ1) is 14.7. The topological polar surface area (TPSA) is 58.5 Å². The van der Waals surface area contributed by atoms with Gasteiger partial charge in [0.25, 0.3) is 5.91 Å². The van der Waals surface area contributed by atoms with Crippen LogP contribution in [0.5, 0.6) is 5.75 Å². The molecule has 152 valence electrons. The number of hydrogen-bond donors (Lipinski definition) is 1. The molecule has 5 nitrogen and oxygen atoms in total. The van der Waals surface area contributed by atoms with Crippen LogP contribution in [0.1, 0.15) is 23.6 Å². The zero-order valence-electron chi connectivity index (χ0n) is 17.1. The summed E-state index contributed by atoms with van der Waals surface area (Å²) in [6, 6.07) is 22.4. The Morgan fingerprint density at radius 2 is 1.93 bits per heavy atom. The van der Waals surface area contributed by atoms with E-state index in [1.54, 1.807) is 18.2 Å². The van der Waals surface area contributed by atoms with E-state index < -0.39 is 0 Å². The molecule has 3 aromatic carbocycles. The van der Waals surface area contributed by atoms with Gasteiger partial charge in [0.2, 0.25) is 0 Å². The van der Waals surface area contributed by atoms with E-state index in [1.165, 1.54) is 10.8 Å². The summed E-state index contributed by atoms with van der Waals surface area (Å²) in [7, 11) is 1.65. The second-order valence-electron chi connectivity index (χ2n) is 7.36. The highest BCUT2D eigenvalue weighted by Gasteiger charge is 2.33. The molecule has 0 radical (unpaired) electrons. The van der Waals surface area contributed by atoms with Gasteiger partial charge < -0.3 is 10.1 Å². The summed E-state index contributed by atoms with van der Waals surface area (Å²) in [6.07, 6.45) is 2.47. The normalized spacial score (nSPS) is 15.8. The third-order valence-corrected chi connectivity index (χ3v) is 5.40. The first-order valence-electron chi connectivity index (χ1n) is 10.1. The molecule has 0 aliphatic carbocycles. The summed E-state index contributed by atoms with van der Waals surface area (Å²) in [6.45, 7) is 4.76. The van der Waals surface area contributed by atoms with E-state index in [0.717, 1.165) is 22.6 Å². The Kier molecular flexibility index (Phi) is 5.91. The summed E-state index contributed by atoms with van der Waals surface area (Å²) >= 11 is 0. The van der Waals surface area contributed by atoms with Crippen LogP contribution in [0.15, 0.2) is 84.5 Å². The molecule has 4 rings (SSSR count). The molecule has 0 spiro atoms. The molecule has 0 fully saturated rings. The van der Waals surface area contributed by atoms with Crippen LogP contribution < -0.4 is 10.1 Å². The van der Waals surface area contributed by atoms with Crippen LogP contribution in [0.25, 0.3) is 10.8 Å². The van der Waals surface area contributed by atoms with Crippen LogP contribution in [-0.4, -0.2) is 36.8 Å². The minimum absolute atomic E-state index is 0.00606. The number of benzene rings is 3. The summed E-state index contributed by atoms with van der Waals surface area (Å²) < 4.78 is 5.28. The number of carbonyl (C=O) groups excluding carboxylic acids is 1. The van der Waals surface area contributed by atoms with Gasteiger partial charge in [0.1, 0.15) is 5.75 Å². The number of carbonyl (C=O) groups is 1. The van der Waals surface area contributed by atoms with E-state index >= 15 is 0 Å². The fourth-order valence-corrected chi connectivity index (χ4v) is 3.79. The van der Waals surface area contributed by atoms with Crippen molar-refractivity contribution < 1.29 is 14.8 Å². The lowest BCUT2D eigenvalue weighted by molar-refractivity contribution is -0.635. The maximum atomic E-state index is 12.9. The average Bonchev–Trinajstić information content (AvgIpc) is 3.24. The summed E-state index contributed by atoms with van der Waals surface area (Å²) in [5, 5.41) is 10.7. The van der Waals surface area contributed by atoms with Crippen LogP contribution in [0.4, 0.5) is 0 Å². The van der Waals surface area contributed by atoms with Crippen LogP contribution in [0.3, 0.4) is 0 Å². The highest BCUT2D eigenvalue weighted by Crippen LogP contribution is 2.34. The number of fused-ring (bicyclic) bond motifs is 1. The van der Waals surface area contributed by atoms with Crippen LogP contribution in [0.2, 0.25) is 0 Å². The molecule has 0 saturated heterocycles. The number of nitrogens with two attached hydrogens (primary N) is 1. The van der Waals surface area contributed by atoms with Gasteiger partial charge in [-0.15, -0.1) is 0 Å². The number of nitrogens with zero attached hydrogens (tertiary/aromatic N) is 2. The third-order valence-electron chi connectivity index (χ3n) is 5.40. The fourth-order valence-electron chi connectivity index (χ4n) is 3.79. The SMILES string of the molecule is C=CC[NH2+]CC(=O)N1N=C(c2ccc3ccccc3c2)C[C@H]1c1ccc(OC)cc1. The maximum Gasteiger partial charge on any atom is 0.298 e. The van der Waals surface area contributed by atoms with Crippen molar-refractivity contribution in [3.8, 4) is 5.75 Å².